The molecule has 3 nitrogen and oxygen atoms in total. The van der Waals surface area contributed by atoms with E-state index < -0.39 is 0 Å². The van der Waals surface area contributed by atoms with E-state index in [-0.39, 0.29) is 11.6 Å². The number of benzene rings is 2. The minimum absolute atomic E-state index is 0.277. The van der Waals surface area contributed by atoms with Crippen LogP contribution in [0.25, 0.3) is 0 Å². The van der Waals surface area contributed by atoms with Gasteiger partial charge < -0.3 is 14.8 Å². The first-order valence-corrected chi connectivity index (χ1v) is 6.94. The molecule has 2 aromatic rings. The Bertz CT molecular complexity index is 546. The maximum absolute atomic E-state index is 14.0. The van der Waals surface area contributed by atoms with Crippen molar-refractivity contribution in [2.45, 2.75) is 13.2 Å². The molecule has 2 aromatic carbocycles. The van der Waals surface area contributed by atoms with Gasteiger partial charge in [0.15, 0.2) is 11.6 Å². The second-order valence-electron chi connectivity index (χ2n) is 4.71. The van der Waals surface area contributed by atoms with Crippen LogP contribution in [-0.4, -0.2) is 20.3 Å². The largest absolute Gasteiger partial charge is 0.486 e. The summed E-state index contributed by atoms with van der Waals surface area (Å²) in [6.45, 7) is 2.35. The molecule has 0 radical (unpaired) electrons. The molecule has 0 saturated carbocycles. The van der Waals surface area contributed by atoms with Crippen LogP contribution in [-0.2, 0) is 17.9 Å². The van der Waals surface area contributed by atoms with Crippen LogP contribution in [0.3, 0.4) is 0 Å². The molecule has 0 fully saturated rings. The first-order chi connectivity index (χ1) is 10.3. The molecule has 0 bridgehead atoms. The normalized spacial score (nSPS) is 10.6. The van der Waals surface area contributed by atoms with Crippen molar-refractivity contribution in [3.63, 3.8) is 0 Å². The lowest BCUT2D eigenvalue weighted by Gasteiger charge is -2.09. The van der Waals surface area contributed by atoms with Gasteiger partial charge in [-0.1, -0.05) is 36.4 Å². The van der Waals surface area contributed by atoms with Crippen LogP contribution in [0.1, 0.15) is 11.1 Å². The van der Waals surface area contributed by atoms with E-state index in [1.165, 1.54) is 6.07 Å². The highest BCUT2D eigenvalue weighted by molar-refractivity contribution is 5.29. The maximum atomic E-state index is 14.0. The third-order valence-corrected chi connectivity index (χ3v) is 3.05. The standard InChI is InChI=1S/C17H20FNO2/c1-20-10-9-19-12-15-7-8-17(16(18)11-15)21-13-14-5-3-2-4-6-14/h2-8,11,19H,9-10,12-13H2,1H3. The van der Waals surface area contributed by atoms with Crippen molar-refractivity contribution in [1.82, 2.24) is 5.32 Å². The highest BCUT2D eigenvalue weighted by Gasteiger charge is 2.05. The van der Waals surface area contributed by atoms with Crippen molar-refractivity contribution in [2.24, 2.45) is 0 Å². The number of rotatable bonds is 8. The molecule has 4 heteroatoms. The maximum Gasteiger partial charge on any atom is 0.165 e. The Morgan fingerprint density at radius 2 is 1.86 bits per heavy atom. The predicted molar refractivity (Wildman–Crippen MR) is 80.8 cm³/mol. The Hall–Kier alpha value is -1.91. The molecule has 0 saturated heterocycles. The van der Waals surface area contributed by atoms with Gasteiger partial charge in [-0.05, 0) is 23.3 Å². The Labute approximate surface area is 124 Å². The zero-order chi connectivity index (χ0) is 14.9. The Kier molecular flexibility index (Phi) is 6.19. The summed E-state index contributed by atoms with van der Waals surface area (Å²) < 4.78 is 24.4. The van der Waals surface area contributed by atoms with E-state index in [4.69, 9.17) is 9.47 Å². The van der Waals surface area contributed by atoms with E-state index >= 15 is 0 Å². The topological polar surface area (TPSA) is 30.5 Å². The van der Waals surface area contributed by atoms with Crippen molar-refractivity contribution in [1.29, 1.82) is 0 Å². The molecule has 0 amide bonds. The number of ether oxygens (including phenoxy) is 2. The summed E-state index contributed by atoms with van der Waals surface area (Å²) in [5, 5.41) is 3.17. The summed E-state index contributed by atoms with van der Waals surface area (Å²) in [7, 11) is 1.65. The summed E-state index contributed by atoms with van der Waals surface area (Å²) in [4.78, 5) is 0. The average Bonchev–Trinajstić information content (AvgIpc) is 2.52. The molecule has 2 rings (SSSR count). The Morgan fingerprint density at radius 3 is 2.57 bits per heavy atom. The summed E-state index contributed by atoms with van der Waals surface area (Å²) in [6.07, 6.45) is 0. The van der Waals surface area contributed by atoms with Crippen molar-refractivity contribution in [3.05, 3.63) is 65.5 Å². The first kappa shape index (κ1) is 15.5. The summed E-state index contributed by atoms with van der Waals surface area (Å²) >= 11 is 0. The van der Waals surface area contributed by atoms with Gasteiger partial charge in [0, 0.05) is 20.2 Å². The zero-order valence-corrected chi connectivity index (χ0v) is 12.1. The molecule has 0 aliphatic heterocycles. The van der Waals surface area contributed by atoms with Crippen molar-refractivity contribution >= 4 is 0 Å². The minimum atomic E-state index is -0.336. The Balaban J connectivity index is 1.87. The van der Waals surface area contributed by atoms with E-state index in [1.807, 2.05) is 36.4 Å². The SMILES string of the molecule is COCCNCc1ccc(OCc2ccccc2)c(F)c1. The lowest BCUT2D eigenvalue weighted by Crippen LogP contribution is -2.18. The van der Waals surface area contributed by atoms with E-state index in [0.717, 1.165) is 17.7 Å². The second kappa shape index (κ2) is 8.39. The zero-order valence-electron chi connectivity index (χ0n) is 12.1. The van der Waals surface area contributed by atoms with Gasteiger partial charge in [-0.2, -0.15) is 0 Å². The van der Waals surface area contributed by atoms with Crippen molar-refractivity contribution in [3.8, 4) is 5.75 Å². The number of methoxy groups -OCH3 is 1. The molecule has 0 atom stereocenters. The van der Waals surface area contributed by atoms with Crippen LogP contribution in [0.2, 0.25) is 0 Å². The smallest absolute Gasteiger partial charge is 0.165 e. The van der Waals surface area contributed by atoms with Gasteiger partial charge in [-0.15, -0.1) is 0 Å². The predicted octanol–water partition coefficient (Wildman–Crippen LogP) is 3.14. The number of halogens is 1. The molecule has 0 aliphatic rings. The molecule has 0 aromatic heterocycles. The van der Waals surface area contributed by atoms with E-state index in [0.29, 0.717) is 19.8 Å². The molecule has 112 valence electrons. The van der Waals surface area contributed by atoms with Gasteiger partial charge in [0.2, 0.25) is 0 Å². The quantitative estimate of drug-likeness (QED) is 0.757. The van der Waals surface area contributed by atoms with Gasteiger partial charge in [0.1, 0.15) is 6.61 Å². The van der Waals surface area contributed by atoms with Gasteiger partial charge in [-0.3, -0.25) is 0 Å². The van der Waals surface area contributed by atoms with Crippen molar-refractivity contribution in [2.75, 3.05) is 20.3 Å². The fourth-order valence-corrected chi connectivity index (χ4v) is 1.91. The number of nitrogens with one attached hydrogen (secondary N) is 1. The van der Waals surface area contributed by atoms with Crippen LogP contribution in [0.15, 0.2) is 48.5 Å². The number of hydrogen-bond acceptors (Lipinski definition) is 3. The van der Waals surface area contributed by atoms with Gasteiger partial charge in [0.05, 0.1) is 6.61 Å². The fourth-order valence-electron chi connectivity index (χ4n) is 1.91. The summed E-state index contributed by atoms with van der Waals surface area (Å²) in [5.74, 6) is -0.0588. The van der Waals surface area contributed by atoms with Crippen LogP contribution in [0.4, 0.5) is 4.39 Å². The van der Waals surface area contributed by atoms with E-state index in [1.54, 1.807) is 13.2 Å². The third kappa shape index (κ3) is 5.17. The van der Waals surface area contributed by atoms with Crippen LogP contribution < -0.4 is 10.1 Å². The average molecular weight is 289 g/mol. The molecule has 1 N–H and O–H groups in total. The molecule has 0 unspecified atom stereocenters. The van der Waals surface area contributed by atoms with Gasteiger partial charge >= 0.3 is 0 Å². The van der Waals surface area contributed by atoms with Crippen LogP contribution in [0.5, 0.6) is 5.75 Å². The fraction of sp³-hybridized carbons (Fsp3) is 0.294. The molecule has 0 heterocycles. The highest BCUT2D eigenvalue weighted by Crippen LogP contribution is 2.19. The van der Waals surface area contributed by atoms with Crippen LogP contribution in [0, 0.1) is 5.82 Å². The van der Waals surface area contributed by atoms with E-state index in [9.17, 15) is 4.39 Å². The third-order valence-electron chi connectivity index (χ3n) is 3.05. The van der Waals surface area contributed by atoms with Crippen LogP contribution >= 0.6 is 0 Å². The summed E-state index contributed by atoms with van der Waals surface area (Å²) in [5.41, 5.74) is 1.90. The molecule has 0 spiro atoms. The molecular formula is C17H20FNO2. The number of hydrogen-bond donors (Lipinski definition) is 1. The minimum Gasteiger partial charge on any atom is -0.486 e. The molecular weight excluding hydrogens is 269 g/mol. The Morgan fingerprint density at radius 1 is 1.05 bits per heavy atom. The molecule has 0 aliphatic carbocycles. The lowest BCUT2D eigenvalue weighted by atomic mass is 10.2. The van der Waals surface area contributed by atoms with Gasteiger partial charge in [0.25, 0.3) is 0 Å². The lowest BCUT2D eigenvalue weighted by molar-refractivity contribution is 0.199. The highest BCUT2D eigenvalue weighted by atomic mass is 19.1. The van der Waals surface area contributed by atoms with Crippen molar-refractivity contribution < 1.29 is 13.9 Å². The second-order valence-corrected chi connectivity index (χ2v) is 4.71. The summed E-state index contributed by atoms with van der Waals surface area (Å²) in [6, 6.07) is 14.7. The monoisotopic (exact) mass is 289 g/mol. The van der Waals surface area contributed by atoms with E-state index in [2.05, 4.69) is 5.32 Å². The molecule has 21 heavy (non-hydrogen) atoms. The first-order valence-electron chi connectivity index (χ1n) is 6.94. The van der Waals surface area contributed by atoms with Gasteiger partial charge in [-0.25, -0.2) is 4.39 Å².